The van der Waals surface area contributed by atoms with Crippen LogP contribution in [0.25, 0.3) is 21.1 Å². The zero-order valence-electron chi connectivity index (χ0n) is 55.0. The number of hydrogen-bond acceptors (Lipinski definition) is 29. The third-order valence-electron chi connectivity index (χ3n) is 16.6. The maximum absolute atomic E-state index is 15.1. The van der Waals surface area contributed by atoms with Crippen LogP contribution < -0.4 is 75.6 Å². The van der Waals surface area contributed by atoms with Crippen molar-refractivity contribution in [2.75, 3.05) is 58.8 Å². The van der Waals surface area contributed by atoms with Gasteiger partial charge in [-0.15, -0.1) is 18.9 Å². The molecule has 3 aliphatic heterocycles. The maximum Gasteiger partial charge on any atom is 1.00 e. The summed E-state index contributed by atoms with van der Waals surface area (Å²) in [6, 6.07) is 5.81. The normalized spacial score (nSPS) is 23.7. The Morgan fingerprint density at radius 1 is 0.747 bits per heavy atom. The summed E-state index contributed by atoms with van der Waals surface area (Å²) in [5.41, 5.74) is 1.50. The van der Waals surface area contributed by atoms with Crippen LogP contribution in [-0.2, 0) is 58.7 Å². The van der Waals surface area contributed by atoms with Gasteiger partial charge in [-0.3, -0.25) is 38.6 Å². The summed E-state index contributed by atoms with van der Waals surface area (Å²) in [6.45, 7) is 2.78. The van der Waals surface area contributed by atoms with Gasteiger partial charge in [0.15, 0.2) is 11.5 Å². The average molecular weight is 1460 g/mol. The number of fused-ring (bicyclic) bond motifs is 2. The summed E-state index contributed by atoms with van der Waals surface area (Å²) < 4.78 is 24.7. The molecule has 3 fully saturated rings. The molecule has 0 bridgehead atoms. The van der Waals surface area contributed by atoms with E-state index in [1.807, 2.05) is 24.3 Å². The number of nitrogens with one attached hydrogen (secondary N) is 6. The van der Waals surface area contributed by atoms with E-state index in [1.165, 1.54) is 36.5 Å². The summed E-state index contributed by atoms with van der Waals surface area (Å²) in [5, 5.41) is 131. The molecule has 13 atom stereocenters. The molecule has 540 valence electrons. The van der Waals surface area contributed by atoms with Gasteiger partial charge in [-0.1, -0.05) is 60.8 Å². The van der Waals surface area contributed by atoms with Crippen LogP contribution in [0.15, 0.2) is 66.7 Å². The van der Waals surface area contributed by atoms with Gasteiger partial charge in [-0.2, -0.15) is 0 Å². The Balaban J connectivity index is 0.0000155. The average Bonchev–Trinajstić information content (AvgIpc) is 1.69. The number of ether oxygens (including phenoxy) is 2. The molecule has 33 nitrogen and oxygen atoms in total. The Bertz CT molecular complexity index is 3230. The summed E-state index contributed by atoms with van der Waals surface area (Å²) in [4.78, 5) is 104. The molecule has 0 spiro atoms. The minimum absolute atomic E-state index is 0. The number of phenols is 1. The van der Waals surface area contributed by atoms with Crippen LogP contribution in [0.5, 0.6) is 17.2 Å². The van der Waals surface area contributed by atoms with E-state index in [0.29, 0.717) is 53.1 Å². The maximum atomic E-state index is 15.1. The predicted molar refractivity (Wildman–Crippen MR) is 349 cm³/mol. The first-order chi connectivity index (χ1) is 47.1. The van der Waals surface area contributed by atoms with E-state index in [-0.39, 0.29) is 78.3 Å². The van der Waals surface area contributed by atoms with Crippen LogP contribution in [0, 0.1) is 5.92 Å². The first-order valence-corrected chi connectivity index (χ1v) is 34.3. The minimum atomic E-state index is -2.14. The van der Waals surface area contributed by atoms with Crippen LogP contribution in [0.3, 0.4) is 0 Å². The first-order valence-electron chi connectivity index (χ1n) is 31.9. The number of aliphatic hydroxyl groups is 6. The fraction of sp³-hybridized carbons (Fsp3) is 0.565. The van der Waals surface area contributed by atoms with Crippen molar-refractivity contribution in [2.45, 2.75) is 157 Å². The molecular formula is C62H85N10NaO23S3. The number of aromatic nitrogens is 2. The molecule has 0 unspecified atom stereocenters. The number of phenolic OH excluding ortho intramolecular Hbond substituents is 1. The number of aliphatic hydroxyl groups excluding tert-OH is 6. The number of amides is 7. The van der Waals surface area contributed by atoms with Gasteiger partial charge in [-0.25, -0.2) is 5.26 Å². The third-order valence-corrected chi connectivity index (χ3v) is 18.6. The number of benzene rings is 3. The van der Waals surface area contributed by atoms with Crippen LogP contribution in [0.2, 0.25) is 0 Å². The van der Waals surface area contributed by atoms with Gasteiger partial charge in [0, 0.05) is 93.0 Å². The van der Waals surface area contributed by atoms with Crippen molar-refractivity contribution >= 4 is 77.1 Å². The van der Waals surface area contributed by atoms with E-state index in [1.54, 1.807) is 19.2 Å². The number of rotatable bonds is 32. The molecule has 3 aromatic carbocycles. The van der Waals surface area contributed by atoms with Crippen molar-refractivity contribution in [2.24, 2.45) is 5.92 Å². The molecule has 0 saturated carbocycles. The second kappa shape index (κ2) is 41.8. The van der Waals surface area contributed by atoms with Crippen molar-refractivity contribution in [1.29, 1.82) is 0 Å². The van der Waals surface area contributed by atoms with Crippen LogP contribution in [0.1, 0.15) is 94.0 Å². The smallest absolute Gasteiger partial charge is 0.691 e. The Morgan fingerprint density at radius 3 is 2.08 bits per heavy atom. The van der Waals surface area contributed by atoms with Crippen molar-refractivity contribution in [3.8, 4) is 38.4 Å². The summed E-state index contributed by atoms with van der Waals surface area (Å²) >= 11 is 2.16. The second-order valence-corrected chi connectivity index (χ2v) is 26.1. The fourth-order valence-corrected chi connectivity index (χ4v) is 12.9. The molecule has 0 aliphatic carbocycles. The monoisotopic (exact) mass is 1460 g/mol. The quantitative estimate of drug-likeness (QED) is 0.00742. The second-order valence-electron chi connectivity index (χ2n) is 23.9. The SMILES string of the molecule is COCCCCCCCOc1ccc(-c2nnc(-c3ccc(C(=O)N[C@H]4C[C@H](O)CNC(=O)[C@@H]5[C@@H](O)[C@H](C)CN5C(=O)[C@H]([C@H](O)CCNCCCCSOOO)NC(=O)[C@H]([C@H](O)Cc5ccc(O)c(OSOO[O-])c5)NC(=O)[C@@H]5C[C@H](O)CN5C(=O)[C@H]([C@H](C)O)NC4=O)cc3)s2)cc1.[Na+]. The number of unbranched alkanes of at least 4 members (excludes halogenated alkanes) is 5. The number of nitrogens with zero attached hydrogens (tertiary/aromatic N) is 4. The largest absolute Gasteiger partial charge is 1.00 e. The van der Waals surface area contributed by atoms with E-state index in [2.05, 4.69) is 60.8 Å². The van der Waals surface area contributed by atoms with Crippen molar-refractivity contribution in [3.63, 3.8) is 0 Å². The number of methoxy groups -OCH3 is 1. The fourth-order valence-electron chi connectivity index (χ4n) is 11.3. The van der Waals surface area contributed by atoms with Gasteiger partial charge in [0.1, 0.15) is 52.0 Å². The zero-order valence-corrected chi connectivity index (χ0v) is 59.5. The van der Waals surface area contributed by atoms with E-state index in [4.69, 9.17) is 18.9 Å². The van der Waals surface area contributed by atoms with E-state index in [9.17, 15) is 69.8 Å². The van der Waals surface area contributed by atoms with Crippen LogP contribution in [-0.4, -0.2) is 234 Å². The molecule has 7 amide bonds. The molecule has 7 rings (SSSR count). The molecule has 3 aliphatic rings. The molecule has 1 aromatic heterocycles. The van der Waals surface area contributed by atoms with E-state index >= 15 is 4.79 Å². The summed E-state index contributed by atoms with van der Waals surface area (Å²) in [6.07, 6.45) is -5.98. The van der Waals surface area contributed by atoms with Crippen molar-refractivity contribution in [1.82, 2.24) is 51.9 Å². The molecular weight excluding hydrogens is 1370 g/mol. The van der Waals surface area contributed by atoms with Gasteiger partial charge < -0.3 is 96.4 Å². The van der Waals surface area contributed by atoms with Crippen LogP contribution >= 0.6 is 35.7 Å². The first kappa shape index (κ1) is 82.0. The van der Waals surface area contributed by atoms with Gasteiger partial charge in [-0.05, 0) is 106 Å². The Labute approximate surface area is 605 Å². The van der Waals surface area contributed by atoms with E-state index in [0.717, 1.165) is 85.2 Å². The van der Waals surface area contributed by atoms with Gasteiger partial charge in [0.05, 0.1) is 43.2 Å². The molecule has 14 N–H and O–H groups in total. The predicted octanol–water partition coefficient (Wildman–Crippen LogP) is -3.50. The number of carbonyl (C=O) groups excluding carboxylic acids is 7. The molecule has 4 aromatic rings. The molecule has 99 heavy (non-hydrogen) atoms. The number of hydrogen-bond donors (Lipinski definition) is 14. The molecule has 37 heteroatoms. The molecule has 4 heterocycles. The Kier molecular flexibility index (Phi) is 34.7. The van der Waals surface area contributed by atoms with Gasteiger partial charge in [0.2, 0.25) is 35.4 Å². The van der Waals surface area contributed by atoms with Gasteiger partial charge >= 0.3 is 29.6 Å². The van der Waals surface area contributed by atoms with Crippen molar-refractivity contribution in [3.05, 3.63) is 77.9 Å². The molecule has 0 radical (unpaired) electrons. The zero-order chi connectivity index (χ0) is 70.8. The molecule has 3 saturated heterocycles. The number of carbonyl (C=O) groups is 7. The van der Waals surface area contributed by atoms with E-state index < -0.39 is 158 Å². The van der Waals surface area contributed by atoms with Crippen molar-refractivity contribution < 1.29 is 142 Å². The standard InChI is InChI=1S/C62H86N10O23S3.Na/c1-34-32-72-52(53(34)79)58(84)64-31-40(74)29-43(65-54(80)37-12-14-38(15-13-37)59-69-70-60(97-59)39-16-18-42(19-17-39)90-25-9-6-4-5-8-24-89-3)55(81)66-49(35(2)73)61(85)71-33-41(75)30-44(71)56(82)67-50(47(78)27-36-11-20-45(76)48(28-36)91-98-95-93-88)57(83)68-51(62(72)86)46(77)21-23-63-22-7-10-26-96-94-92-87;/h11-20,28,34-35,40-41,43-44,46-47,49-53,63,73-79,87-88H,4-10,21-27,29-33H2,1-3H3,(H,64,84)(H,65,80)(H,66,81)(H,67,82)(H,68,83);/q;+1/p-1/t34-,35+,40+,41+,43+,44+,46-,47-,49+,50+,51+,52+,53+;/m1./s1. The summed E-state index contributed by atoms with van der Waals surface area (Å²) in [5.74, 6) is -8.34. The van der Waals surface area contributed by atoms with Crippen LogP contribution in [0.4, 0.5) is 0 Å². The third kappa shape index (κ3) is 24.4. The topological polar surface area (TPSA) is 473 Å². The number of aromatic hydroxyl groups is 1. The van der Waals surface area contributed by atoms with Gasteiger partial charge in [0.25, 0.3) is 18.2 Å². The summed E-state index contributed by atoms with van der Waals surface area (Å²) in [7, 11) is 1.69. The Morgan fingerprint density at radius 2 is 1.40 bits per heavy atom. The number of β-amino-alcohol motifs (C(OH)–C–C–N with tert-alkyl or cyclic N) is 1. The Hall–Kier alpha value is -5.95. The minimum Gasteiger partial charge on any atom is -0.691 e.